The largest absolute Gasteiger partial charge is 0.387 e. The molecule has 0 bridgehead atoms. The van der Waals surface area contributed by atoms with Gasteiger partial charge in [0.25, 0.3) is 0 Å². The second kappa shape index (κ2) is 8.13. The van der Waals surface area contributed by atoms with Crippen LogP contribution in [0.15, 0.2) is 59.6 Å². The van der Waals surface area contributed by atoms with Crippen molar-refractivity contribution in [1.29, 1.82) is 5.41 Å². The summed E-state index contributed by atoms with van der Waals surface area (Å²) in [5, 5.41) is 7.60. The number of aryl methyl sites for hydroxylation is 1. The van der Waals surface area contributed by atoms with Crippen LogP contribution in [0.2, 0.25) is 0 Å². The molecule has 0 saturated heterocycles. The number of nitrogens with two attached hydrogens (primary N) is 1. The molecule has 0 aromatic heterocycles. The molecule has 0 aliphatic carbocycles. The first-order valence-corrected chi connectivity index (χ1v) is 7.74. The van der Waals surface area contributed by atoms with Crippen molar-refractivity contribution in [2.75, 3.05) is 0 Å². The first-order valence-electron chi connectivity index (χ1n) is 7.74. The zero-order valence-corrected chi connectivity index (χ0v) is 13.0. The van der Waals surface area contributed by atoms with Crippen LogP contribution >= 0.6 is 0 Å². The van der Waals surface area contributed by atoms with Crippen LogP contribution in [-0.4, -0.2) is 11.5 Å². The fourth-order valence-corrected chi connectivity index (χ4v) is 2.33. The number of amidine groups is 1. The Morgan fingerprint density at radius 2 is 1.86 bits per heavy atom. The Kier molecular flexibility index (Phi) is 5.90. The van der Waals surface area contributed by atoms with Gasteiger partial charge in [0.05, 0.1) is 17.2 Å². The van der Waals surface area contributed by atoms with E-state index in [9.17, 15) is 0 Å². The summed E-state index contributed by atoms with van der Waals surface area (Å²) < 4.78 is 0. The highest BCUT2D eigenvalue weighted by Crippen LogP contribution is 2.17. The van der Waals surface area contributed by atoms with Crippen LogP contribution in [0.5, 0.6) is 0 Å². The number of para-hydroxylation sites is 1. The molecule has 2 aromatic rings. The van der Waals surface area contributed by atoms with Crippen LogP contribution in [0.1, 0.15) is 37.3 Å². The molecular formula is C19H23N3. The molecule has 114 valence electrons. The summed E-state index contributed by atoms with van der Waals surface area (Å²) in [7, 11) is 0. The molecule has 22 heavy (non-hydrogen) atoms. The van der Waals surface area contributed by atoms with Gasteiger partial charge in [-0.05, 0) is 42.2 Å². The summed E-state index contributed by atoms with van der Waals surface area (Å²) in [4.78, 5) is 4.69. The van der Waals surface area contributed by atoms with E-state index in [-0.39, 0.29) is 5.84 Å². The predicted molar refractivity (Wildman–Crippen MR) is 94.2 cm³/mol. The van der Waals surface area contributed by atoms with E-state index in [4.69, 9.17) is 11.1 Å². The molecule has 0 atom stereocenters. The lowest BCUT2D eigenvalue weighted by Gasteiger charge is -2.09. The molecule has 0 fully saturated rings. The lowest BCUT2D eigenvalue weighted by Crippen LogP contribution is -2.16. The van der Waals surface area contributed by atoms with Crippen molar-refractivity contribution in [3.8, 4) is 0 Å². The highest BCUT2D eigenvalue weighted by Gasteiger charge is 2.07. The fourth-order valence-electron chi connectivity index (χ4n) is 2.33. The average Bonchev–Trinajstić information content (AvgIpc) is 2.53. The van der Waals surface area contributed by atoms with E-state index in [0.717, 1.165) is 23.4 Å². The minimum absolute atomic E-state index is 0.133. The van der Waals surface area contributed by atoms with Crippen molar-refractivity contribution in [1.82, 2.24) is 0 Å². The summed E-state index contributed by atoms with van der Waals surface area (Å²) in [6.07, 6.45) is 3.80. The van der Waals surface area contributed by atoms with Gasteiger partial charge in [-0.15, -0.1) is 0 Å². The quantitative estimate of drug-likeness (QED) is 0.574. The molecule has 0 saturated carbocycles. The normalized spacial score (nSPS) is 11.4. The van der Waals surface area contributed by atoms with Gasteiger partial charge >= 0.3 is 0 Å². The number of hydrogen-bond acceptors (Lipinski definition) is 2. The zero-order valence-electron chi connectivity index (χ0n) is 13.0. The lowest BCUT2D eigenvalue weighted by atomic mass is 10.0. The SMILES string of the molecule is CCCCc1cccc(C(CC(=N)N)=Nc2ccccc2)c1. The molecular weight excluding hydrogens is 270 g/mol. The van der Waals surface area contributed by atoms with Crippen LogP contribution in [0.4, 0.5) is 5.69 Å². The Labute approximate surface area is 132 Å². The number of nitrogens with zero attached hydrogens (tertiary/aromatic N) is 1. The van der Waals surface area contributed by atoms with E-state index in [0.29, 0.717) is 6.42 Å². The second-order valence-electron chi connectivity index (χ2n) is 5.40. The fraction of sp³-hybridized carbons (Fsp3) is 0.263. The Hall–Kier alpha value is -2.42. The second-order valence-corrected chi connectivity index (χ2v) is 5.40. The van der Waals surface area contributed by atoms with E-state index in [2.05, 4.69) is 30.1 Å². The van der Waals surface area contributed by atoms with Crippen LogP contribution in [0.25, 0.3) is 0 Å². The molecule has 3 N–H and O–H groups in total. The maximum absolute atomic E-state index is 7.60. The smallest absolute Gasteiger partial charge is 0.0966 e. The molecule has 0 unspecified atom stereocenters. The number of rotatable bonds is 7. The Morgan fingerprint density at radius 3 is 2.55 bits per heavy atom. The van der Waals surface area contributed by atoms with Crippen molar-refractivity contribution in [2.24, 2.45) is 10.7 Å². The molecule has 0 aliphatic heterocycles. The molecule has 0 radical (unpaired) electrons. The summed E-state index contributed by atoms with van der Waals surface area (Å²) in [6, 6.07) is 18.2. The first-order chi connectivity index (χ1) is 10.7. The number of nitrogens with one attached hydrogen (secondary N) is 1. The van der Waals surface area contributed by atoms with Crippen LogP contribution in [0, 0.1) is 5.41 Å². The summed E-state index contributed by atoms with van der Waals surface area (Å²) in [6.45, 7) is 2.20. The number of unbranched alkanes of at least 4 members (excludes halogenated alkanes) is 1. The van der Waals surface area contributed by atoms with Gasteiger partial charge in [0.2, 0.25) is 0 Å². The van der Waals surface area contributed by atoms with E-state index >= 15 is 0 Å². The van der Waals surface area contributed by atoms with E-state index in [1.807, 2.05) is 36.4 Å². The molecule has 3 nitrogen and oxygen atoms in total. The highest BCUT2D eigenvalue weighted by atomic mass is 14.8. The summed E-state index contributed by atoms with van der Waals surface area (Å²) >= 11 is 0. The third-order valence-electron chi connectivity index (χ3n) is 3.46. The first kappa shape index (κ1) is 16.0. The molecule has 0 amide bonds. The Morgan fingerprint density at radius 1 is 1.09 bits per heavy atom. The summed E-state index contributed by atoms with van der Waals surface area (Å²) in [5.41, 5.74) is 9.69. The maximum atomic E-state index is 7.60. The topological polar surface area (TPSA) is 62.2 Å². The maximum Gasteiger partial charge on any atom is 0.0966 e. The van der Waals surface area contributed by atoms with Crippen molar-refractivity contribution < 1.29 is 0 Å². The van der Waals surface area contributed by atoms with Crippen molar-refractivity contribution >= 4 is 17.2 Å². The van der Waals surface area contributed by atoms with Gasteiger partial charge in [-0.2, -0.15) is 0 Å². The van der Waals surface area contributed by atoms with Gasteiger partial charge in [0.15, 0.2) is 0 Å². The molecule has 2 rings (SSSR count). The Balaban J connectivity index is 2.33. The number of aliphatic imine (C=N–C) groups is 1. The molecule has 0 spiro atoms. The van der Waals surface area contributed by atoms with Gasteiger partial charge in [-0.1, -0.05) is 49.7 Å². The molecule has 3 heteroatoms. The highest BCUT2D eigenvalue weighted by molar-refractivity contribution is 6.11. The molecule has 0 aliphatic rings. The predicted octanol–water partition coefficient (Wildman–Crippen LogP) is 4.48. The number of hydrogen-bond donors (Lipinski definition) is 2. The van der Waals surface area contributed by atoms with Gasteiger partial charge in [0.1, 0.15) is 0 Å². The van der Waals surface area contributed by atoms with E-state index < -0.39 is 0 Å². The lowest BCUT2D eigenvalue weighted by molar-refractivity contribution is 0.795. The van der Waals surface area contributed by atoms with E-state index in [1.165, 1.54) is 18.4 Å². The van der Waals surface area contributed by atoms with Crippen molar-refractivity contribution in [2.45, 2.75) is 32.6 Å². The van der Waals surface area contributed by atoms with Gasteiger partial charge < -0.3 is 5.73 Å². The van der Waals surface area contributed by atoms with Gasteiger partial charge in [-0.3, -0.25) is 10.4 Å². The Bertz CT molecular complexity index is 645. The molecule has 2 aromatic carbocycles. The average molecular weight is 293 g/mol. The van der Waals surface area contributed by atoms with Crippen LogP contribution < -0.4 is 5.73 Å². The number of benzene rings is 2. The van der Waals surface area contributed by atoms with Gasteiger partial charge in [0, 0.05) is 6.42 Å². The van der Waals surface area contributed by atoms with Crippen LogP contribution in [-0.2, 0) is 6.42 Å². The summed E-state index contributed by atoms with van der Waals surface area (Å²) in [5.74, 6) is 0.133. The van der Waals surface area contributed by atoms with Crippen molar-refractivity contribution in [3.63, 3.8) is 0 Å². The third-order valence-corrected chi connectivity index (χ3v) is 3.46. The molecule has 0 heterocycles. The minimum atomic E-state index is 0.133. The zero-order chi connectivity index (χ0) is 15.8. The minimum Gasteiger partial charge on any atom is -0.387 e. The van der Waals surface area contributed by atoms with Crippen molar-refractivity contribution in [3.05, 3.63) is 65.7 Å². The standard InChI is InChI=1S/C19H23N3/c1-2-3-8-15-9-7-10-16(13-15)18(14-19(20)21)22-17-11-5-4-6-12-17/h4-7,9-13H,2-3,8,14H2,1H3,(H3,20,21). The third kappa shape index (κ3) is 4.85. The monoisotopic (exact) mass is 293 g/mol. The van der Waals surface area contributed by atoms with E-state index in [1.54, 1.807) is 0 Å². The van der Waals surface area contributed by atoms with Crippen LogP contribution in [0.3, 0.4) is 0 Å². The van der Waals surface area contributed by atoms with Gasteiger partial charge in [-0.25, -0.2) is 0 Å².